The molecule has 0 radical (unpaired) electrons. The fourth-order valence-electron chi connectivity index (χ4n) is 3.32. The molecule has 1 aromatic carbocycles. The Balaban J connectivity index is 1.64. The van der Waals surface area contributed by atoms with Crippen LogP contribution in [0.25, 0.3) is 11.0 Å². The smallest absolute Gasteiger partial charge is 0.271 e. The van der Waals surface area contributed by atoms with Gasteiger partial charge < -0.3 is 5.32 Å². The fraction of sp³-hybridized carbons (Fsp3) is 0.316. The van der Waals surface area contributed by atoms with E-state index in [0.717, 1.165) is 18.9 Å². The van der Waals surface area contributed by atoms with E-state index in [0.29, 0.717) is 11.4 Å². The number of nitrogens with zero attached hydrogens (tertiary/aromatic N) is 4. The van der Waals surface area contributed by atoms with Crippen molar-refractivity contribution in [3.05, 3.63) is 56.4 Å². The number of fused-ring (bicyclic) bond motifs is 1. The number of pyridine rings is 1. The topological polar surface area (TPSA) is 103 Å². The molecule has 0 atom stereocenters. The number of nitrogens with one attached hydrogen (secondary N) is 1. The fourth-order valence-corrected chi connectivity index (χ4v) is 3.54. The number of amides is 1. The number of nitro benzene ring substituents is 1. The highest BCUT2D eigenvalue weighted by Crippen LogP contribution is 2.42. The van der Waals surface area contributed by atoms with Crippen molar-refractivity contribution < 1.29 is 18.5 Å². The molecule has 8 nitrogen and oxygen atoms in total. The third kappa shape index (κ3) is 3.82. The molecule has 0 aliphatic heterocycles. The first kappa shape index (κ1) is 20.1. The minimum absolute atomic E-state index is 0.00758. The van der Waals surface area contributed by atoms with Gasteiger partial charge in [0.2, 0.25) is 5.91 Å². The molecular formula is C19H16ClF2N5O3. The molecule has 1 saturated carbocycles. The van der Waals surface area contributed by atoms with Crippen molar-refractivity contribution in [3.63, 3.8) is 0 Å². The highest BCUT2D eigenvalue weighted by Gasteiger charge is 2.29. The molecule has 0 spiro atoms. The van der Waals surface area contributed by atoms with Crippen LogP contribution >= 0.6 is 11.6 Å². The molecule has 1 N–H and O–H groups in total. The summed E-state index contributed by atoms with van der Waals surface area (Å²) in [6.07, 6.45) is -0.891. The summed E-state index contributed by atoms with van der Waals surface area (Å²) >= 11 is 6.00. The summed E-state index contributed by atoms with van der Waals surface area (Å²) in [6.45, 7) is 1.32. The number of rotatable bonds is 6. The van der Waals surface area contributed by atoms with Crippen LogP contribution in [0.5, 0.6) is 0 Å². The maximum absolute atomic E-state index is 13.6. The highest BCUT2D eigenvalue weighted by atomic mass is 35.5. The standard InChI is InChI=1S/C19H16ClF2N5O3/c1-9-17-12(18(21)22)7-15(10-2-3-10)24-19(17)26(25-9)8-16(28)23-14-5-4-11(27(29)30)6-13(14)20/h4-7,10,18H,2-3,8H2,1H3,(H,23,28). The van der Waals surface area contributed by atoms with Crippen molar-refractivity contribution in [2.75, 3.05) is 5.32 Å². The normalized spacial score (nSPS) is 13.8. The van der Waals surface area contributed by atoms with Gasteiger partial charge >= 0.3 is 0 Å². The predicted octanol–water partition coefficient (Wildman–Crippen LogP) is 4.76. The molecule has 11 heteroatoms. The van der Waals surface area contributed by atoms with Crippen molar-refractivity contribution in [1.29, 1.82) is 0 Å². The number of halogens is 3. The molecular weight excluding hydrogens is 420 g/mol. The van der Waals surface area contributed by atoms with Gasteiger partial charge in [-0.1, -0.05) is 11.6 Å². The number of nitro groups is 1. The van der Waals surface area contributed by atoms with Crippen LogP contribution in [0.2, 0.25) is 5.02 Å². The summed E-state index contributed by atoms with van der Waals surface area (Å²) in [5, 5.41) is 17.8. The molecule has 2 aromatic heterocycles. The van der Waals surface area contributed by atoms with Gasteiger partial charge in [0.15, 0.2) is 5.65 Å². The van der Waals surface area contributed by atoms with Crippen LogP contribution in [0.3, 0.4) is 0 Å². The van der Waals surface area contributed by atoms with Gasteiger partial charge in [0.1, 0.15) is 6.54 Å². The molecule has 30 heavy (non-hydrogen) atoms. The zero-order valence-electron chi connectivity index (χ0n) is 15.7. The first-order valence-electron chi connectivity index (χ1n) is 9.14. The minimum Gasteiger partial charge on any atom is -0.323 e. The lowest BCUT2D eigenvalue weighted by Crippen LogP contribution is -2.20. The van der Waals surface area contributed by atoms with Crippen LogP contribution in [-0.2, 0) is 11.3 Å². The van der Waals surface area contributed by atoms with Crippen molar-refractivity contribution in [2.45, 2.75) is 38.7 Å². The maximum atomic E-state index is 13.6. The number of carbonyl (C=O) groups is 1. The molecule has 1 aliphatic rings. The Kier molecular flexibility index (Phi) is 5.10. The van der Waals surface area contributed by atoms with Crippen LogP contribution in [0.15, 0.2) is 24.3 Å². The van der Waals surface area contributed by atoms with Crippen LogP contribution in [0.1, 0.15) is 42.1 Å². The Morgan fingerprint density at radius 1 is 1.40 bits per heavy atom. The Morgan fingerprint density at radius 2 is 2.13 bits per heavy atom. The molecule has 1 amide bonds. The quantitative estimate of drug-likeness (QED) is 0.444. The number of benzene rings is 1. The average Bonchev–Trinajstić information content (AvgIpc) is 3.48. The molecule has 1 fully saturated rings. The van der Waals surface area contributed by atoms with E-state index in [1.54, 1.807) is 6.92 Å². The number of aryl methyl sites for hydroxylation is 1. The molecule has 0 saturated heterocycles. The molecule has 1 aliphatic carbocycles. The van der Waals surface area contributed by atoms with E-state index in [9.17, 15) is 23.7 Å². The third-order valence-electron chi connectivity index (χ3n) is 4.89. The van der Waals surface area contributed by atoms with Gasteiger partial charge in [-0.2, -0.15) is 5.10 Å². The lowest BCUT2D eigenvalue weighted by molar-refractivity contribution is -0.384. The molecule has 0 bridgehead atoms. The van der Waals surface area contributed by atoms with E-state index in [4.69, 9.17) is 11.6 Å². The summed E-state index contributed by atoms with van der Waals surface area (Å²) in [5.41, 5.74) is 1.03. The van der Waals surface area contributed by atoms with E-state index in [2.05, 4.69) is 15.4 Å². The van der Waals surface area contributed by atoms with Crippen LogP contribution in [0.4, 0.5) is 20.2 Å². The van der Waals surface area contributed by atoms with Gasteiger partial charge in [-0.05, 0) is 31.9 Å². The van der Waals surface area contributed by atoms with Gasteiger partial charge in [-0.25, -0.2) is 18.4 Å². The maximum Gasteiger partial charge on any atom is 0.271 e. The first-order valence-corrected chi connectivity index (χ1v) is 9.52. The monoisotopic (exact) mass is 435 g/mol. The van der Waals surface area contributed by atoms with E-state index in [1.807, 2.05) is 0 Å². The van der Waals surface area contributed by atoms with E-state index < -0.39 is 17.3 Å². The second kappa shape index (κ2) is 7.60. The van der Waals surface area contributed by atoms with Gasteiger partial charge in [0.05, 0.1) is 26.7 Å². The Hall–Kier alpha value is -3.14. The third-order valence-corrected chi connectivity index (χ3v) is 5.20. The summed E-state index contributed by atoms with van der Waals surface area (Å²) in [5.74, 6) is -0.365. The largest absolute Gasteiger partial charge is 0.323 e. The van der Waals surface area contributed by atoms with Gasteiger partial charge in [0, 0.05) is 29.3 Å². The van der Waals surface area contributed by atoms with Crippen molar-refractivity contribution in [2.24, 2.45) is 0 Å². The predicted molar refractivity (Wildman–Crippen MR) is 106 cm³/mol. The first-order chi connectivity index (χ1) is 14.2. The lowest BCUT2D eigenvalue weighted by atomic mass is 10.1. The second-order valence-electron chi connectivity index (χ2n) is 7.12. The number of aromatic nitrogens is 3. The minimum atomic E-state index is -2.68. The number of hydrogen-bond acceptors (Lipinski definition) is 5. The zero-order valence-corrected chi connectivity index (χ0v) is 16.5. The summed E-state index contributed by atoms with van der Waals surface area (Å²) < 4.78 is 28.5. The van der Waals surface area contributed by atoms with Crippen molar-refractivity contribution in [1.82, 2.24) is 14.8 Å². The highest BCUT2D eigenvalue weighted by molar-refractivity contribution is 6.33. The lowest BCUT2D eigenvalue weighted by Gasteiger charge is -2.09. The molecule has 4 rings (SSSR count). The number of hydrogen-bond donors (Lipinski definition) is 1. The molecule has 156 valence electrons. The zero-order chi connectivity index (χ0) is 21.6. The summed E-state index contributed by atoms with van der Waals surface area (Å²) in [6, 6.07) is 5.10. The molecule has 3 aromatic rings. The summed E-state index contributed by atoms with van der Waals surface area (Å²) in [7, 11) is 0. The van der Waals surface area contributed by atoms with Crippen molar-refractivity contribution >= 4 is 39.9 Å². The van der Waals surface area contributed by atoms with Crippen LogP contribution in [0, 0.1) is 17.0 Å². The molecule has 2 heterocycles. The van der Waals surface area contributed by atoms with Crippen LogP contribution in [-0.4, -0.2) is 25.6 Å². The SMILES string of the molecule is Cc1nn(CC(=O)Nc2ccc([N+](=O)[O-])cc2Cl)c2nc(C3CC3)cc(C(F)F)c12. The Morgan fingerprint density at radius 3 is 2.73 bits per heavy atom. The van der Waals surface area contributed by atoms with E-state index >= 15 is 0 Å². The second-order valence-corrected chi connectivity index (χ2v) is 7.53. The van der Waals surface area contributed by atoms with Gasteiger partial charge in [0.25, 0.3) is 12.1 Å². The van der Waals surface area contributed by atoms with Gasteiger partial charge in [-0.15, -0.1) is 0 Å². The number of alkyl halides is 2. The van der Waals surface area contributed by atoms with Crippen molar-refractivity contribution in [3.8, 4) is 0 Å². The summed E-state index contributed by atoms with van der Waals surface area (Å²) in [4.78, 5) is 27.2. The van der Waals surface area contributed by atoms with Gasteiger partial charge in [-0.3, -0.25) is 14.9 Å². The number of anilines is 1. The Bertz CT molecular complexity index is 1180. The van der Waals surface area contributed by atoms with E-state index in [-0.39, 0.29) is 45.5 Å². The van der Waals surface area contributed by atoms with Crippen LogP contribution < -0.4 is 5.32 Å². The average molecular weight is 436 g/mol. The Labute approximate surface area is 174 Å². The molecule has 0 unspecified atom stereocenters. The van der Waals surface area contributed by atoms with E-state index in [1.165, 1.54) is 22.9 Å². The number of non-ortho nitro benzene ring substituents is 1. The number of carbonyl (C=O) groups excluding carboxylic acids is 1.